The first kappa shape index (κ1) is 70.0. The van der Waals surface area contributed by atoms with Crippen LogP contribution in [0.5, 0.6) is 0 Å². The molecule has 2 heterocycles. The van der Waals surface area contributed by atoms with Gasteiger partial charge in [-0.2, -0.15) is 0 Å². The third-order valence-corrected chi connectivity index (χ3v) is 27.2. The molecule has 1 aromatic heterocycles. The fourth-order valence-electron chi connectivity index (χ4n) is 17.8. The molecule has 0 bridgehead atoms. The lowest BCUT2D eigenvalue weighted by atomic mass is 9.66. The second-order valence-corrected chi connectivity index (χ2v) is 40.5. The lowest BCUT2D eigenvalue weighted by Gasteiger charge is -2.38. The Kier molecular flexibility index (Phi) is 16.4. The van der Waals surface area contributed by atoms with Gasteiger partial charge < -0.3 is 19.1 Å². The number of nitrogens with zero attached hydrogens (tertiary/aromatic N) is 3. The van der Waals surface area contributed by atoms with E-state index in [1.165, 1.54) is 87.7 Å². The fourth-order valence-corrected chi connectivity index (χ4v) is 21.2. The summed E-state index contributed by atoms with van der Waals surface area (Å²) < 4.78 is 7.98. The standard InChI is InChI=1S/C103H99N3OSi/c1-98(2,3)68-40-42-73(43-41-68)103(74-52-62-77(63-53-74)104(75-54-44-69(45-55-75)99(4,5)6)76-56-46-70(47-57-76)100(7,8)9)84-64-88(105(78-58-48-71(49-59-78)101(10,11)12)86-36-26-30-66-28-18-20-32-80(66)86)92-82-34-22-24-38-90(82)107-96(92)94(84)95-85(103)65-89(93-83-35-23-25-39-91(83)108(16,17)97(93)95)106(79-60-50-72(51-61-79)102(13,14)15)87-37-27-31-67-29-19-21-33-81(67)87/h18-65H,1-17H3. The highest BCUT2D eigenvalue weighted by Gasteiger charge is 2.54. The number of fused-ring (bicyclic) bond motifs is 13. The Morgan fingerprint density at radius 1 is 0.296 bits per heavy atom. The van der Waals surface area contributed by atoms with Crippen molar-refractivity contribution in [3.05, 3.63) is 341 Å². The molecule has 0 N–H and O–H groups in total. The highest BCUT2D eigenvalue weighted by Crippen LogP contribution is 2.64. The van der Waals surface area contributed by atoms with E-state index in [-0.39, 0.29) is 27.1 Å². The van der Waals surface area contributed by atoms with Crippen molar-refractivity contribution in [2.24, 2.45) is 0 Å². The van der Waals surface area contributed by atoms with Crippen LogP contribution in [0.1, 0.15) is 154 Å². The molecule has 1 unspecified atom stereocenters. The van der Waals surface area contributed by atoms with Gasteiger partial charge in [-0.25, -0.2) is 0 Å². The zero-order valence-corrected chi connectivity index (χ0v) is 67.0. The first-order valence-electron chi connectivity index (χ1n) is 38.8. The molecule has 1 atom stereocenters. The molecule has 1 aliphatic carbocycles. The van der Waals surface area contributed by atoms with Crippen molar-refractivity contribution in [3.63, 3.8) is 0 Å². The lowest BCUT2D eigenvalue weighted by Crippen LogP contribution is -2.50. The van der Waals surface area contributed by atoms with E-state index in [1.807, 2.05) is 0 Å². The monoisotopic (exact) mass is 1420 g/mol. The van der Waals surface area contributed by atoms with Gasteiger partial charge in [0.1, 0.15) is 19.2 Å². The fraction of sp³-hybridized carbons (Fsp3) is 0.223. The summed E-state index contributed by atoms with van der Waals surface area (Å²) in [5.74, 6) is 0. The number of hydrogen-bond acceptors (Lipinski definition) is 4. The Morgan fingerprint density at radius 3 is 1.09 bits per heavy atom. The number of anilines is 9. The average molecular weight is 1420 g/mol. The first-order valence-corrected chi connectivity index (χ1v) is 41.8. The van der Waals surface area contributed by atoms with Crippen LogP contribution >= 0.6 is 0 Å². The van der Waals surface area contributed by atoms with Gasteiger partial charge in [-0.15, -0.1) is 0 Å². The highest BCUT2D eigenvalue weighted by atomic mass is 28.3. The van der Waals surface area contributed by atoms with Gasteiger partial charge in [0.2, 0.25) is 0 Å². The molecular weight excluding hydrogens is 1320 g/mol. The second-order valence-electron chi connectivity index (χ2n) is 36.2. The van der Waals surface area contributed by atoms with Gasteiger partial charge in [0, 0.05) is 55.7 Å². The van der Waals surface area contributed by atoms with E-state index in [9.17, 15) is 0 Å². The molecule has 0 saturated heterocycles. The van der Waals surface area contributed by atoms with Crippen LogP contribution in [0, 0.1) is 0 Å². The first-order chi connectivity index (χ1) is 51.5. The average Bonchev–Trinajstić information content (AvgIpc) is 1.49. The van der Waals surface area contributed by atoms with Crippen molar-refractivity contribution >= 4 is 113 Å². The molecule has 1 aliphatic heterocycles. The van der Waals surface area contributed by atoms with Crippen LogP contribution < -0.4 is 25.1 Å². The summed E-state index contributed by atoms with van der Waals surface area (Å²) in [5, 5.41) is 9.69. The quantitative estimate of drug-likeness (QED) is 0.120. The van der Waals surface area contributed by atoms with E-state index in [2.05, 4.69) is 423 Å². The molecule has 536 valence electrons. The van der Waals surface area contributed by atoms with Crippen LogP contribution in [0.25, 0.3) is 65.7 Å². The predicted octanol–water partition coefficient (Wildman–Crippen LogP) is 28.0. The highest BCUT2D eigenvalue weighted by molar-refractivity contribution is 7.05. The molecule has 108 heavy (non-hydrogen) atoms. The molecule has 0 fully saturated rings. The SMILES string of the molecule is CC(C)(C)c1ccc(N(c2ccc(C(C)(C)C)cc2)c2ccc(C3(c4ccc(C(C)(C)C)cc4)c4cc(N(c5ccc(C(C)(C)C)cc5)c5cccc6ccccc56)c5c(c4-c4c3cc(N(c3ccc(C(C)(C)C)cc3)c3cccc6ccccc36)c3c4oc4ccccc43)[Si](C)(C)c3ccccc3-5)cc2)cc1. The van der Waals surface area contributed by atoms with Gasteiger partial charge >= 0.3 is 0 Å². The molecule has 0 spiro atoms. The minimum atomic E-state index is -2.81. The van der Waals surface area contributed by atoms with Crippen molar-refractivity contribution in [1.29, 1.82) is 0 Å². The lowest BCUT2D eigenvalue weighted by molar-refractivity contribution is 0.589. The van der Waals surface area contributed by atoms with Crippen molar-refractivity contribution in [2.75, 3.05) is 14.7 Å². The Hall–Kier alpha value is -11.0. The maximum atomic E-state index is 7.98. The van der Waals surface area contributed by atoms with Crippen LogP contribution in [0.2, 0.25) is 13.1 Å². The Balaban J connectivity index is 1.07. The summed E-state index contributed by atoms with van der Waals surface area (Å²) >= 11 is 0. The van der Waals surface area contributed by atoms with Crippen LogP contribution in [-0.2, 0) is 32.5 Å². The molecule has 17 rings (SSSR count). The van der Waals surface area contributed by atoms with E-state index < -0.39 is 13.5 Å². The van der Waals surface area contributed by atoms with Gasteiger partial charge in [-0.05, 0) is 200 Å². The van der Waals surface area contributed by atoms with Crippen molar-refractivity contribution < 1.29 is 4.42 Å². The third kappa shape index (κ3) is 11.4. The van der Waals surface area contributed by atoms with E-state index in [4.69, 9.17) is 4.42 Å². The number of furan rings is 1. The summed E-state index contributed by atoms with van der Waals surface area (Å²) in [6.45, 7) is 39.9. The molecular formula is C103H99N3OSi. The minimum Gasteiger partial charge on any atom is -0.455 e. The topological polar surface area (TPSA) is 22.9 Å². The zero-order chi connectivity index (χ0) is 75.4. The summed E-state index contributed by atoms with van der Waals surface area (Å²) in [4.78, 5) is 7.66. The van der Waals surface area contributed by atoms with E-state index in [0.29, 0.717) is 0 Å². The summed E-state index contributed by atoms with van der Waals surface area (Å²) in [6, 6.07) is 112. The van der Waals surface area contributed by atoms with Gasteiger partial charge in [-0.3, -0.25) is 0 Å². The van der Waals surface area contributed by atoms with Gasteiger partial charge in [-0.1, -0.05) is 317 Å². The second kappa shape index (κ2) is 25.3. The Labute approximate surface area is 641 Å². The number of hydrogen-bond donors (Lipinski definition) is 0. The summed E-state index contributed by atoms with van der Waals surface area (Å²) in [7, 11) is -2.81. The van der Waals surface area contributed by atoms with Crippen LogP contribution in [-0.4, -0.2) is 8.07 Å². The van der Waals surface area contributed by atoms with Gasteiger partial charge in [0.15, 0.2) is 0 Å². The zero-order valence-electron chi connectivity index (χ0n) is 66.0. The maximum absolute atomic E-state index is 7.98. The van der Waals surface area contributed by atoms with Crippen LogP contribution in [0.4, 0.5) is 51.2 Å². The molecule has 0 amide bonds. The number of benzene rings is 14. The molecule has 14 aromatic carbocycles. The molecule has 0 radical (unpaired) electrons. The number of rotatable bonds is 11. The molecule has 5 heteroatoms. The molecule has 2 aliphatic rings. The Morgan fingerprint density at radius 2 is 0.639 bits per heavy atom. The maximum Gasteiger partial charge on any atom is 0.145 e. The van der Waals surface area contributed by atoms with E-state index >= 15 is 0 Å². The molecule has 0 saturated carbocycles. The van der Waals surface area contributed by atoms with E-state index in [1.54, 1.807) is 0 Å². The van der Waals surface area contributed by atoms with E-state index in [0.717, 1.165) is 89.6 Å². The van der Waals surface area contributed by atoms with Gasteiger partial charge in [0.05, 0.1) is 33.6 Å². The van der Waals surface area contributed by atoms with Crippen molar-refractivity contribution in [2.45, 2.75) is 149 Å². The summed E-state index contributed by atoms with van der Waals surface area (Å²) in [6.07, 6.45) is 0. The van der Waals surface area contributed by atoms with Crippen molar-refractivity contribution in [3.8, 4) is 22.3 Å². The largest absolute Gasteiger partial charge is 0.455 e. The van der Waals surface area contributed by atoms with Crippen molar-refractivity contribution in [1.82, 2.24) is 0 Å². The normalized spacial score (nSPS) is 14.8. The van der Waals surface area contributed by atoms with Gasteiger partial charge in [0.25, 0.3) is 0 Å². The molecule has 15 aromatic rings. The smallest absolute Gasteiger partial charge is 0.145 e. The molecule has 4 nitrogen and oxygen atoms in total. The predicted molar refractivity (Wildman–Crippen MR) is 466 cm³/mol. The Bertz CT molecular complexity index is 5940. The third-order valence-electron chi connectivity index (χ3n) is 23.7. The van der Waals surface area contributed by atoms with Crippen LogP contribution in [0.3, 0.4) is 0 Å². The summed E-state index contributed by atoms with van der Waals surface area (Å²) in [5.41, 5.74) is 26.3. The minimum absolute atomic E-state index is 0.0213. The van der Waals surface area contributed by atoms with Crippen LogP contribution in [0.15, 0.2) is 296 Å². The number of para-hydroxylation sites is 1.